The number of halogens is 1. The Morgan fingerprint density at radius 1 is 1.08 bits per heavy atom. The van der Waals surface area contributed by atoms with Crippen molar-refractivity contribution in [3.05, 3.63) is 64.2 Å². The molecule has 2 amide bonds. The summed E-state index contributed by atoms with van der Waals surface area (Å²) in [5, 5.41) is 3.33. The molecule has 8 heteroatoms. The van der Waals surface area contributed by atoms with Crippen LogP contribution in [0.25, 0.3) is 0 Å². The topological polar surface area (TPSA) is 73.0 Å². The summed E-state index contributed by atoms with van der Waals surface area (Å²) in [7, 11) is 1.57. The van der Waals surface area contributed by atoms with Gasteiger partial charge in [0.2, 0.25) is 5.91 Å². The van der Waals surface area contributed by atoms with Crippen molar-refractivity contribution < 1.29 is 14.4 Å². The van der Waals surface area contributed by atoms with Crippen LogP contribution in [-0.2, 0) is 22.6 Å². The van der Waals surface area contributed by atoms with Gasteiger partial charge in [0.25, 0.3) is 5.91 Å². The Morgan fingerprint density at radius 3 is 2.53 bits per heavy atom. The molecule has 0 saturated carbocycles. The third kappa shape index (κ3) is 6.26. The van der Waals surface area contributed by atoms with Crippen molar-refractivity contribution in [2.45, 2.75) is 44.7 Å². The molecule has 0 radical (unpaired) electrons. The van der Waals surface area contributed by atoms with Gasteiger partial charge in [-0.1, -0.05) is 23.7 Å². The summed E-state index contributed by atoms with van der Waals surface area (Å²) in [6.07, 6.45) is 4.42. The van der Waals surface area contributed by atoms with Gasteiger partial charge in [-0.05, 0) is 73.7 Å². The summed E-state index contributed by atoms with van der Waals surface area (Å²) in [4.78, 5) is 42.9. The molecule has 1 N–H and O–H groups in total. The average Bonchev–Trinajstić information content (AvgIpc) is 3.24. The molecule has 1 unspecified atom stereocenters. The predicted molar refractivity (Wildman–Crippen MR) is 143 cm³/mol. The number of hydrogen-bond donors (Lipinski definition) is 1. The van der Waals surface area contributed by atoms with Crippen LogP contribution in [0.2, 0.25) is 5.02 Å². The van der Waals surface area contributed by atoms with Crippen molar-refractivity contribution in [3.8, 4) is 0 Å². The molecular formula is C28H35ClN4O3. The van der Waals surface area contributed by atoms with Crippen molar-refractivity contribution in [1.82, 2.24) is 15.1 Å². The van der Waals surface area contributed by atoms with Crippen molar-refractivity contribution in [2.75, 3.05) is 44.7 Å². The van der Waals surface area contributed by atoms with Gasteiger partial charge in [-0.15, -0.1) is 0 Å². The lowest BCUT2D eigenvalue weighted by molar-refractivity contribution is -0.121. The number of hydrogen-bond acceptors (Lipinski definition) is 5. The Hall–Kier alpha value is -2.90. The quantitative estimate of drug-likeness (QED) is 0.370. The zero-order valence-electron chi connectivity index (χ0n) is 20.9. The summed E-state index contributed by atoms with van der Waals surface area (Å²) >= 11 is 6.01. The minimum Gasteiger partial charge on any atom is -0.369 e. The number of rotatable bonds is 11. The molecule has 1 saturated heterocycles. The van der Waals surface area contributed by atoms with Gasteiger partial charge in [0, 0.05) is 62.5 Å². The SMILES string of the molecule is CNC(=O)CCC(C=O)N1Cc2c(CCCCN3CCN(c4ccc(Cl)cc4)CC3)cccc2C1=O. The lowest BCUT2D eigenvalue weighted by Crippen LogP contribution is -2.46. The molecule has 4 rings (SSSR count). The Labute approximate surface area is 218 Å². The van der Waals surface area contributed by atoms with Crippen molar-refractivity contribution in [3.63, 3.8) is 0 Å². The first-order valence-electron chi connectivity index (χ1n) is 12.8. The normalized spacial score (nSPS) is 16.7. The summed E-state index contributed by atoms with van der Waals surface area (Å²) < 4.78 is 0. The van der Waals surface area contributed by atoms with Crippen LogP contribution in [0.3, 0.4) is 0 Å². The Morgan fingerprint density at radius 2 is 1.83 bits per heavy atom. The molecule has 1 fully saturated rings. The Kier molecular flexibility index (Phi) is 8.99. The number of nitrogens with zero attached hydrogens (tertiary/aromatic N) is 3. The highest BCUT2D eigenvalue weighted by Crippen LogP contribution is 2.29. The van der Waals surface area contributed by atoms with E-state index >= 15 is 0 Å². The molecule has 36 heavy (non-hydrogen) atoms. The van der Waals surface area contributed by atoms with Crippen LogP contribution in [0.15, 0.2) is 42.5 Å². The van der Waals surface area contributed by atoms with E-state index in [9.17, 15) is 14.4 Å². The number of anilines is 1. The van der Waals surface area contributed by atoms with Gasteiger partial charge in [0.15, 0.2) is 0 Å². The van der Waals surface area contributed by atoms with Crippen LogP contribution in [0, 0.1) is 0 Å². The first-order valence-corrected chi connectivity index (χ1v) is 13.2. The van der Waals surface area contributed by atoms with Crippen molar-refractivity contribution in [2.24, 2.45) is 0 Å². The van der Waals surface area contributed by atoms with E-state index in [1.165, 1.54) is 11.3 Å². The lowest BCUT2D eigenvalue weighted by atomic mass is 9.99. The van der Waals surface area contributed by atoms with Crippen LogP contribution in [0.5, 0.6) is 0 Å². The predicted octanol–water partition coefficient (Wildman–Crippen LogP) is 3.53. The first kappa shape index (κ1) is 26.2. The van der Waals surface area contributed by atoms with Gasteiger partial charge >= 0.3 is 0 Å². The molecule has 2 aliphatic heterocycles. The fourth-order valence-electron chi connectivity index (χ4n) is 5.15. The van der Waals surface area contributed by atoms with Gasteiger partial charge in [-0.2, -0.15) is 0 Å². The zero-order valence-corrected chi connectivity index (χ0v) is 21.7. The number of nitrogens with one attached hydrogen (secondary N) is 1. The van der Waals surface area contributed by atoms with Crippen LogP contribution < -0.4 is 10.2 Å². The number of piperazine rings is 1. The smallest absolute Gasteiger partial charge is 0.255 e. The molecule has 2 aromatic carbocycles. The van der Waals surface area contributed by atoms with E-state index in [1.54, 1.807) is 11.9 Å². The minimum absolute atomic E-state index is 0.112. The highest BCUT2D eigenvalue weighted by Gasteiger charge is 2.33. The highest BCUT2D eigenvalue weighted by molar-refractivity contribution is 6.30. The number of carbonyl (C=O) groups is 3. The molecule has 1 atom stereocenters. The number of benzene rings is 2. The minimum atomic E-state index is -0.582. The third-order valence-corrected chi connectivity index (χ3v) is 7.58. The third-order valence-electron chi connectivity index (χ3n) is 7.33. The van der Waals surface area contributed by atoms with Crippen LogP contribution in [0.1, 0.15) is 47.2 Å². The molecule has 0 bridgehead atoms. The molecule has 2 aliphatic rings. The fourth-order valence-corrected chi connectivity index (χ4v) is 5.28. The maximum atomic E-state index is 13.0. The second kappa shape index (κ2) is 12.4. The van der Waals surface area contributed by atoms with Crippen LogP contribution in [-0.4, -0.2) is 73.7 Å². The van der Waals surface area contributed by atoms with Gasteiger partial charge < -0.3 is 19.9 Å². The van der Waals surface area contributed by atoms with E-state index in [0.29, 0.717) is 18.5 Å². The second-order valence-electron chi connectivity index (χ2n) is 9.55. The largest absolute Gasteiger partial charge is 0.369 e. The van der Waals surface area contributed by atoms with E-state index in [2.05, 4.69) is 33.3 Å². The molecule has 192 valence electrons. The number of aldehydes is 1. The summed E-state index contributed by atoms with van der Waals surface area (Å²) in [6.45, 7) is 5.65. The maximum Gasteiger partial charge on any atom is 0.255 e. The number of fused-ring (bicyclic) bond motifs is 1. The molecule has 0 aliphatic carbocycles. The zero-order chi connectivity index (χ0) is 25.5. The molecule has 0 spiro atoms. The molecule has 7 nitrogen and oxygen atoms in total. The summed E-state index contributed by atoms with van der Waals surface area (Å²) in [5.41, 5.74) is 4.14. The molecule has 2 aromatic rings. The first-order chi connectivity index (χ1) is 17.5. The van der Waals surface area contributed by atoms with Gasteiger partial charge in [0.05, 0.1) is 6.04 Å². The Bertz CT molecular complexity index is 1070. The van der Waals surface area contributed by atoms with Crippen LogP contribution in [0.4, 0.5) is 5.69 Å². The standard InChI is InChI=1S/C28H35ClN4O3/c1-30-27(35)13-12-24(20-34)33-19-26-21(6-4-7-25(26)28(33)36)5-2-3-14-31-15-17-32(18-16-31)23-10-8-22(29)9-11-23/h4,6-11,20,24H,2-3,5,12-19H2,1H3,(H,30,35). The molecule has 2 heterocycles. The highest BCUT2D eigenvalue weighted by atomic mass is 35.5. The number of aryl methyl sites for hydroxylation is 1. The molecule has 0 aromatic heterocycles. The monoisotopic (exact) mass is 510 g/mol. The number of amides is 2. The van der Waals surface area contributed by atoms with Crippen molar-refractivity contribution >= 4 is 35.4 Å². The van der Waals surface area contributed by atoms with E-state index in [4.69, 9.17) is 11.6 Å². The lowest BCUT2D eigenvalue weighted by Gasteiger charge is -2.36. The van der Waals surface area contributed by atoms with Gasteiger partial charge in [-0.3, -0.25) is 14.5 Å². The maximum absolute atomic E-state index is 13.0. The van der Waals surface area contributed by atoms with Gasteiger partial charge in [0.1, 0.15) is 6.29 Å². The van der Waals surface area contributed by atoms with E-state index < -0.39 is 6.04 Å². The van der Waals surface area contributed by atoms with E-state index in [0.717, 1.165) is 68.9 Å². The van der Waals surface area contributed by atoms with E-state index in [1.807, 2.05) is 24.3 Å². The fraction of sp³-hybridized carbons (Fsp3) is 0.464. The summed E-state index contributed by atoms with van der Waals surface area (Å²) in [6, 6.07) is 13.4. The Balaban J connectivity index is 1.24. The van der Waals surface area contributed by atoms with E-state index in [-0.39, 0.29) is 18.2 Å². The summed E-state index contributed by atoms with van der Waals surface area (Å²) in [5.74, 6) is -0.238. The van der Waals surface area contributed by atoms with Gasteiger partial charge in [-0.25, -0.2) is 0 Å². The average molecular weight is 511 g/mol. The number of carbonyl (C=O) groups excluding carboxylic acids is 3. The van der Waals surface area contributed by atoms with Crippen molar-refractivity contribution in [1.29, 1.82) is 0 Å². The second-order valence-corrected chi connectivity index (χ2v) is 9.99. The van der Waals surface area contributed by atoms with Crippen LogP contribution >= 0.6 is 11.6 Å². The number of unbranched alkanes of at least 4 members (excludes halogenated alkanes) is 1. The molecular weight excluding hydrogens is 476 g/mol.